The lowest BCUT2D eigenvalue weighted by atomic mass is 9.83. The van der Waals surface area contributed by atoms with Gasteiger partial charge in [-0.25, -0.2) is 4.98 Å². The van der Waals surface area contributed by atoms with Crippen LogP contribution in [0.25, 0.3) is 0 Å². The zero-order valence-electron chi connectivity index (χ0n) is 17.0. The molecule has 0 aliphatic heterocycles. The number of hydrogen-bond donors (Lipinski definition) is 0. The molecule has 3 rings (SSSR count). The first-order valence-corrected chi connectivity index (χ1v) is 10.5. The fourth-order valence-corrected chi connectivity index (χ4v) is 4.17. The van der Waals surface area contributed by atoms with Gasteiger partial charge < -0.3 is 9.30 Å². The molecule has 0 spiro atoms. The third kappa shape index (κ3) is 4.26. The molecule has 0 amide bonds. The topological polar surface area (TPSA) is 44.1 Å². The van der Waals surface area contributed by atoms with E-state index in [-0.39, 0.29) is 11.7 Å². The van der Waals surface area contributed by atoms with Crippen LogP contribution in [0.15, 0.2) is 24.5 Å². The monoisotopic (exact) mass is 368 g/mol. The average molecular weight is 369 g/mol. The maximum atomic E-state index is 13.4. The van der Waals surface area contributed by atoms with Crippen molar-refractivity contribution >= 4 is 5.78 Å². The Labute approximate surface area is 163 Å². The van der Waals surface area contributed by atoms with E-state index in [0.717, 1.165) is 55.7 Å². The smallest absolute Gasteiger partial charge is 0.168 e. The first-order valence-electron chi connectivity index (χ1n) is 10.5. The Balaban J connectivity index is 1.88. The van der Waals surface area contributed by atoms with Gasteiger partial charge in [-0.2, -0.15) is 0 Å². The number of Topliss-reactive ketones (excluding diaryl/α,β-unsaturated/α-hetero) is 1. The molecule has 1 aromatic heterocycles. The molecule has 1 aromatic carbocycles. The third-order valence-electron chi connectivity index (χ3n) is 5.61. The highest BCUT2D eigenvalue weighted by Gasteiger charge is 2.26. The molecule has 0 fully saturated rings. The van der Waals surface area contributed by atoms with Crippen molar-refractivity contribution in [1.82, 2.24) is 9.55 Å². The van der Waals surface area contributed by atoms with Crippen LogP contribution in [0.3, 0.4) is 0 Å². The molecular weight excluding hydrogens is 336 g/mol. The molecule has 0 bridgehead atoms. The maximum absolute atomic E-state index is 13.4. The van der Waals surface area contributed by atoms with Crippen molar-refractivity contribution in [3.63, 3.8) is 0 Å². The summed E-state index contributed by atoms with van der Waals surface area (Å²) in [5.74, 6) is 2.31. The Morgan fingerprint density at radius 3 is 2.67 bits per heavy atom. The second-order valence-electron chi connectivity index (χ2n) is 7.42. The van der Waals surface area contributed by atoms with Gasteiger partial charge in [0.25, 0.3) is 0 Å². The van der Waals surface area contributed by atoms with Crippen molar-refractivity contribution in [2.24, 2.45) is 5.92 Å². The van der Waals surface area contributed by atoms with Crippen LogP contribution in [0.1, 0.15) is 73.8 Å². The molecule has 1 atom stereocenters. The molecule has 4 nitrogen and oxygen atoms in total. The summed E-state index contributed by atoms with van der Waals surface area (Å²) in [5.41, 5.74) is 3.41. The van der Waals surface area contributed by atoms with Crippen LogP contribution in [-0.4, -0.2) is 21.9 Å². The minimum Gasteiger partial charge on any atom is -0.494 e. The van der Waals surface area contributed by atoms with Gasteiger partial charge in [0.1, 0.15) is 11.6 Å². The number of aryl methyl sites for hydroxylation is 1. The van der Waals surface area contributed by atoms with Gasteiger partial charge >= 0.3 is 0 Å². The highest BCUT2D eigenvalue weighted by Crippen LogP contribution is 2.34. The number of rotatable bonds is 9. The van der Waals surface area contributed by atoms with Gasteiger partial charge in [0.2, 0.25) is 0 Å². The largest absolute Gasteiger partial charge is 0.494 e. The average Bonchev–Trinajstić information content (AvgIpc) is 3.13. The molecule has 4 heteroatoms. The van der Waals surface area contributed by atoms with E-state index in [2.05, 4.69) is 23.4 Å². The second-order valence-corrected chi connectivity index (χ2v) is 7.42. The summed E-state index contributed by atoms with van der Waals surface area (Å²) >= 11 is 0. The number of hydrogen-bond acceptors (Lipinski definition) is 3. The van der Waals surface area contributed by atoms with Gasteiger partial charge in [-0.05, 0) is 68.7 Å². The lowest BCUT2D eigenvalue weighted by Crippen LogP contribution is -2.23. The number of ether oxygens (including phenoxy) is 1. The predicted molar refractivity (Wildman–Crippen MR) is 109 cm³/mol. The molecule has 1 unspecified atom stereocenters. The zero-order valence-corrected chi connectivity index (χ0v) is 17.0. The summed E-state index contributed by atoms with van der Waals surface area (Å²) in [6.45, 7) is 7.67. The van der Waals surface area contributed by atoms with Crippen LogP contribution in [0, 0.1) is 5.92 Å². The van der Waals surface area contributed by atoms with Crippen LogP contribution in [0.5, 0.6) is 5.75 Å². The van der Waals surface area contributed by atoms with E-state index in [1.807, 2.05) is 31.5 Å². The van der Waals surface area contributed by atoms with Crippen molar-refractivity contribution < 1.29 is 9.53 Å². The van der Waals surface area contributed by atoms with Crippen LogP contribution < -0.4 is 4.74 Å². The number of carbonyl (C=O) groups is 1. The molecule has 0 saturated carbocycles. The highest BCUT2D eigenvalue weighted by molar-refractivity contribution is 5.99. The van der Waals surface area contributed by atoms with E-state index in [9.17, 15) is 4.79 Å². The summed E-state index contributed by atoms with van der Waals surface area (Å²) in [6.07, 6.45) is 11.0. The van der Waals surface area contributed by atoms with Crippen molar-refractivity contribution in [2.75, 3.05) is 6.61 Å². The lowest BCUT2D eigenvalue weighted by Gasteiger charge is -2.24. The Bertz CT molecular complexity index is 779. The van der Waals surface area contributed by atoms with E-state index in [1.165, 1.54) is 17.5 Å². The molecule has 0 saturated heterocycles. The Morgan fingerprint density at radius 1 is 1.19 bits per heavy atom. The Hall–Kier alpha value is -2.10. The SMILES string of the molecule is CCCc1nccn1CC(CC)C(=O)c1ccc(OCC)c2c1CCCC2. The molecular formula is C23H32N2O2. The molecule has 1 aliphatic carbocycles. The van der Waals surface area contributed by atoms with E-state index in [1.54, 1.807) is 0 Å². The first kappa shape index (κ1) is 19.7. The van der Waals surface area contributed by atoms with Crippen LogP contribution in [0.2, 0.25) is 0 Å². The van der Waals surface area contributed by atoms with E-state index < -0.39 is 0 Å². The Kier molecular flexibility index (Phi) is 6.70. The Morgan fingerprint density at radius 2 is 1.96 bits per heavy atom. The van der Waals surface area contributed by atoms with Crippen LogP contribution in [0.4, 0.5) is 0 Å². The van der Waals surface area contributed by atoms with Crippen molar-refractivity contribution in [3.05, 3.63) is 47.0 Å². The fourth-order valence-electron chi connectivity index (χ4n) is 4.17. The fraction of sp³-hybridized carbons (Fsp3) is 0.565. The van der Waals surface area contributed by atoms with Crippen molar-refractivity contribution in [1.29, 1.82) is 0 Å². The minimum absolute atomic E-state index is 0.0150. The van der Waals surface area contributed by atoms with Gasteiger partial charge in [-0.1, -0.05) is 13.8 Å². The van der Waals surface area contributed by atoms with Gasteiger partial charge in [0.15, 0.2) is 5.78 Å². The number of benzene rings is 1. The molecule has 1 aliphatic rings. The van der Waals surface area contributed by atoms with Gasteiger partial charge in [-0.15, -0.1) is 0 Å². The molecule has 27 heavy (non-hydrogen) atoms. The lowest BCUT2D eigenvalue weighted by molar-refractivity contribution is 0.0901. The number of carbonyl (C=O) groups excluding carboxylic acids is 1. The second kappa shape index (κ2) is 9.20. The number of nitrogens with zero attached hydrogens (tertiary/aromatic N) is 2. The highest BCUT2D eigenvalue weighted by atomic mass is 16.5. The third-order valence-corrected chi connectivity index (χ3v) is 5.61. The van der Waals surface area contributed by atoms with E-state index in [4.69, 9.17) is 4.74 Å². The molecule has 0 N–H and O–H groups in total. The number of aromatic nitrogens is 2. The number of imidazole rings is 1. The maximum Gasteiger partial charge on any atom is 0.168 e. The van der Waals surface area contributed by atoms with E-state index in [0.29, 0.717) is 13.2 Å². The summed E-state index contributed by atoms with van der Waals surface area (Å²) in [6, 6.07) is 4.01. The predicted octanol–water partition coefficient (Wildman–Crippen LogP) is 5.02. The number of ketones is 1. The summed E-state index contributed by atoms with van der Waals surface area (Å²) in [5, 5.41) is 0. The molecule has 2 aromatic rings. The van der Waals surface area contributed by atoms with Crippen LogP contribution in [-0.2, 0) is 25.8 Å². The van der Waals surface area contributed by atoms with Gasteiger partial charge in [0, 0.05) is 36.8 Å². The van der Waals surface area contributed by atoms with E-state index >= 15 is 0 Å². The minimum atomic E-state index is -0.0150. The zero-order chi connectivity index (χ0) is 19.2. The van der Waals surface area contributed by atoms with Gasteiger partial charge in [-0.3, -0.25) is 4.79 Å². The summed E-state index contributed by atoms with van der Waals surface area (Å²) in [4.78, 5) is 17.9. The standard InChI is InChI=1S/C23H32N2O2/c1-4-9-22-24-14-15-25(22)16-17(5-2)23(26)20-12-13-21(27-6-3)19-11-8-7-10-18(19)20/h12-15,17H,4-11,16H2,1-3H3. The first-order chi connectivity index (χ1) is 13.2. The molecule has 0 radical (unpaired) electrons. The summed E-state index contributed by atoms with van der Waals surface area (Å²) in [7, 11) is 0. The molecule has 146 valence electrons. The quantitative estimate of drug-likeness (QED) is 0.584. The number of fused-ring (bicyclic) bond motifs is 1. The molecule has 1 heterocycles. The van der Waals surface area contributed by atoms with Crippen molar-refractivity contribution in [2.45, 2.75) is 72.3 Å². The summed E-state index contributed by atoms with van der Waals surface area (Å²) < 4.78 is 7.99. The van der Waals surface area contributed by atoms with Crippen molar-refractivity contribution in [3.8, 4) is 5.75 Å². The van der Waals surface area contributed by atoms with Crippen LogP contribution >= 0.6 is 0 Å². The van der Waals surface area contributed by atoms with Gasteiger partial charge in [0.05, 0.1) is 6.61 Å². The normalized spacial score (nSPS) is 14.6.